The van der Waals surface area contributed by atoms with Crippen molar-refractivity contribution in [1.29, 1.82) is 0 Å². The van der Waals surface area contributed by atoms with Crippen molar-refractivity contribution in [3.63, 3.8) is 0 Å². The highest BCUT2D eigenvalue weighted by Crippen LogP contribution is 2.25. The number of anilines is 2. The van der Waals surface area contributed by atoms with Crippen LogP contribution in [0.15, 0.2) is 48.5 Å². The van der Waals surface area contributed by atoms with Crippen LogP contribution in [0.4, 0.5) is 11.5 Å². The summed E-state index contributed by atoms with van der Waals surface area (Å²) in [6.07, 6.45) is 0. The normalized spacial score (nSPS) is 10.8. The summed E-state index contributed by atoms with van der Waals surface area (Å²) in [5.41, 5.74) is 8.71. The zero-order valence-electron chi connectivity index (χ0n) is 15.6. The minimum Gasteiger partial charge on any atom is -0.492 e. The third-order valence-corrected chi connectivity index (χ3v) is 4.16. The Bertz CT molecular complexity index is 932. The maximum absolute atomic E-state index is 12.6. The SMILES string of the molecule is CCOc1ccccc1NC(=O)c1nnn(-c2ccc(C(C)C)cc2)c1N. The summed E-state index contributed by atoms with van der Waals surface area (Å²) in [5, 5.41) is 10.8. The number of amides is 1. The summed E-state index contributed by atoms with van der Waals surface area (Å²) >= 11 is 0. The van der Waals surface area contributed by atoms with E-state index in [1.165, 1.54) is 10.2 Å². The lowest BCUT2D eigenvalue weighted by Crippen LogP contribution is -2.15. The quantitative estimate of drug-likeness (QED) is 0.695. The van der Waals surface area contributed by atoms with Gasteiger partial charge in [0.2, 0.25) is 0 Å². The van der Waals surface area contributed by atoms with Gasteiger partial charge in [0.05, 0.1) is 18.0 Å². The van der Waals surface area contributed by atoms with Crippen molar-refractivity contribution >= 4 is 17.4 Å². The van der Waals surface area contributed by atoms with Crippen LogP contribution in [0.25, 0.3) is 5.69 Å². The van der Waals surface area contributed by atoms with E-state index >= 15 is 0 Å². The van der Waals surface area contributed by atoms with Crippen molar-refractivity contribution in [2.24, 2.45) is 0 Å². The average Bonchev–Trinajstić information content (AvgIpc) is 3.05. The van der Waals surface area contributed by atoms with Gasteiger partial charge in [-0.1, -0.05) is 43.3 Å². The Kier molecular flexibility index (Phi) is 5.40. The molecule has 0 bridgehead atoms. The van der Waals surface area contributed by atoms with Crippen molar-refractivity contribution < 1.29 is 9.53 Å². The molecule has 3 N–H and O–H groups in total. The number of benzene rings is 2. The van der Waals surface area contributed by atoms with E-state index in [4.69, 9.17) is 10.5 Å². The summed E-state index contributed by atoms with van der Waals surface area (Å²) in [4.78, 5) is 12.6. The molecule has 1 aromatic heterocycles. The molecule has 1 heterocycles. The van der Waals surface area contributed by atoms with E-state index in [0.717, 1.165) is 5.69 Å². The van der Waals surface area contributed by atoms with Gasteiger partial charge in [-0.2, -0.15) is 4.68 Å². The molecule has 0 aliphatic heterocycles. The van der Waals surface area contributed by atoms with Crippen molar-refractivity contribution in [3.8, 4) is 11.4 Å². The van der Waals surface area contributed by atoms with Crippen LogP contribution in [0.2, 0.25) is 0 Å². The van der Waals surface area contributed by atoms with Crippen LogP contribution in [0, 0.1) is 0 Å². The molecule has 0 unspecified atom stereocenters. The Labute approximate surface area is 158 Å². The van der Waals surface area contributed by atoms with Gasteiger partial charge in [-0.3, -0.25) is 4.79 Å². The Hall–Kier alpha value is -3.35. The molecule has 27 heavy (non-hydrogen) atoms. The lowest BCUT2D eigenvalue weighted by Gasteiger charge is -2.10. The number of hydrogen-bond donors (Lipinski definition) is 2. The van der Waals surface area contributed by atoms with Gasteiger partial charge in [0.1, 0.15) is 5.75 Å². The minimum atomic E-state index is -0.440. The molecule has 0 saturated heterocycles. The number of para-hydroxylation sites is 2. The first-order chi connectivity index (χ1) is 13.0. The third kappa shape index (κ3) is 3.92. The number of nitrogen functional groups attached to an aromatic ring is 1. The molecule has 0 atom stereocenters. The highest BCUT2D eigenvalue weighted by molar-refractivity contribution is 6.06. The maximum Gasteiger partial charge on any atom is 0.280 e. The van der Waals surface area contributed by atoms with Gasteiger partial charge < -0.3 is 15.8 Å². The molecule has 3 aromatic rings. The van der Waals surface area contributed by atoms with Crippen LogP contribution in [0.1, 0.15) is 42.7 Å². The molecule has 0 aliphatic rings. The molecule has 1 amide bonds. The second-order valence-corrected chi connectivity index (χ2v) is 6.36. The summed E-state index contributed by atoms with van der Waals surface area (Å²) in [5.74, 6) is 0.755. The Morgan fingerprint density at radius 2 is 1.89 bits per heavy atom. The number of nitrogens with zero attached hydrogens (tertiary/aromatic N) is 3. The molecule has 140 valence electrons. The van der Waals surface area contributed by atoms with Crippen molar-refractivity contribution in [2.75, 3.05) is 17.7 Å². The first-order valence-electron chi connectivity index (χ1n) is 8.86. The summed E-state index contributed by atoms with van der Waals surface area (Å²) in [6.45, 7) is 6.63. The average molecular weight is 365 g/mol. The van der Waals surface area contributed by atoms with E-state index < -0.39 is 5.91 Å². The van der Waals surface area contributed by atoms with Gasteiger partial charge in [0.15, 0.2) is 11.5 Å². The number of nitrogens with one attached hydrogen (secondary N) is 1. The fourth-order valence-corrected chi connectivity index (χ4v) is 2.67. The van der Waals surface area contributed by atoms with Crippen LogP contribution in [-0.2, 0) is 0 Å². The van der Waals surface area contributed by atoms with Gasteiger partial charge in [-0.25, -0.2) is 0 Å². The first kappa shape index (κ1) is 18.4. The van der Waals surface area contributed by atoms with Crippen molar-refractivity contribution in [1.82, 2.24) is 15.0 Å². The van der Waals surface area contributed by atoms with Crippen LogP contribution < -0.4 is 15.8 Å². The first-order valence-corrected chi connectivity index (χ1v) is 8.86. The van der Waals surface area contributed by atoms with Gasteiger partial charge in [0, 0.05) is 0 Å². The smallest absolute Gasteiger partial charge is 0.280 e. The fourth-order valence-electron chi connectivity index (χ4n) is 2.67. The zero-order chi connectivity index (χ0) is 19.4. The Balaban J connectivity index is 1.83. The summed E-state index contributed by atoms with van der Waals surface area (Å²) < 4.78 is 6.97. The molecule has 0 aliphatic carbocycles. The largest absolute Gasteiger partial charge is 0.492 e. The van der Waals surface area contributed by atoms with E-state index in [9.17, 15) is 4.79 Å². The van der Waals surface area contributed by atoms with Gasteiger partial charge in [0.25, 0.3) is 5.91 Å². The molecule has 2 aromatic carbocycles. The molecule has 0 saturated carbocycles. The second-order valence-electron chi connectivity index (χ2n) is 6.36. The highest BCUT2D eigenvalue weighted by atomic mass is 16.5. The summed E-state index contributed by atoms with van der Waals surface area (Å²) in [7, 11) is 0. The third-order valence-electron chi connectivity index (χ3n) is 4.16. The number of nitrogens with two attached hydrogens (primary N) is 1. The number of carbonyl (C=O) groups is 1. The van der Waals surface area contributed by atoms with E-state index in [0.29, 0.717) is 24.0 Å². The van der Waals surface area contributed by atoms with E-state index in [1.807, 2.05) is 43.3 Å². The predicted molar refractivity (Wildman–Crippen MR) is 105 cm³/mol. The Morgan fingerprint density at radius 1 is 1.19 bits per heavy atom. The molecule has 0 fully saturated rings. The molecule has 7 heteroatoms. The van der Waals surface area contributed by atoms with Crippen molar-refractivity contribution in [2.45, 2.75) is 26.7 Å². The van der Waals surface area contributed by atoms with Gasteiger partial charge in [-0.05, 0) is 42.7 Å². The predicted octanol–water partition coefficient (Wildman–Crippen LogP) is 3.62. The number of rotatable bonds is 6. The highest BCUT2D eigenvalue weighted by Gasteiger charge is 2.19. The number of aromatic nitrogens is 3. The van der Waals surface area contributed by atoms with E-state index in [2.05, 4.69) is 29.5 Å². The maximum atomic E-state index is 12.6. The Morgan fingerprint density at radius 3 is 2.56 bits per heavy atom. The fraction of sp³-hybridized carbons (Fsp3) is 0.250. The van der Waals surface area contributed by atoms with Crippen LogP contribution in [0.3, 0.4) is 0 Å². The zero-order valence-corrected chi connectivity index (χ0v) is 15.6. The lowest BCUT2D eigenvalue weighted by atomic mass is 10.0. The van der Waals surface area contributed by atoms with E-state index in [-0.39, 0.29) is 11.5 Å². The summed E-state index contributed by atoms with van der Waals surface area (Å²) in [6, 6.07) is 15.0. The second kappa shape index (κ2) is 7.90. The standard InChI is InChI=1S/C20H23N5O2/c1-4-27-17-8-6-5-7-16(17)22-20(26)18-19(21)25(24-23-18)15-11-9-14(10-12-15)13(2)3/h5-13H,4,21H2,1-3H3,(H,22,26). The molecule has 3 rings (SSSR count). The van der Waals surface area contributed by atoms with Gasteiger partial charge >= 0.3 is 0 Å². The molecule has 0 spiro atoms. The van der Waals surface area contributed by atoms with Crippen molar-refractivity contribution in [3.05, 3.63) is 59.8 Å². The van der Waals surface area contributed by atoms with Gasteiger partial charge in [-0.15, -0.1) is 5.10 Å². The number of ether oxygens (including phenoxy) is 1. The lowest BCUT2D eigenvalue weighted by molar-refractivity contribution is 0.102. The molecular weight excluding hydrogens is 342 g/mol. The molecular formula is C20H23N5O2. The molecule has 0 radical (unpaired) electrons. The number of hydrogen-bond acceptors (Lipinski definition) is 5. The van der Waals surface area contributed by atoms with E-state index in [1.54, 1.807) is 12.1 Å². The monoisotopic (exact) mass is 365 g/mol. The topological polar surface area (TPSA) is 95.1 Å². The molecule has 7 nitrogen and oxygen atoms in total. The van der Waals surface area contributed by atoms with Crippen LogP contribution in [-0.4, -0.2) is 27.5 Å². The minimum absolute atomic E-state index is 0.0641. The number of carbonyl (C=O) groups excluding carboxylic acids is 1. The van der Waals surface area contributed by atoms with Crippen LogP contribution >= 0.6 is 0 Å². The van der Waals surface area contributed by atoms with Crippen LogP contribution in [0.5, 0.6) is 5.75 Å².